The van der Waals surface area contributed by atoms with Crippen LogP contribution in [-0.4, -0.2) is 72.0 Å². The number of fused-ring (bicyclic) bond motifs is 1. The summed E-state index contributed by atoms with van der Waals surface area (Å²) in [7, 11) is 0. The van der Waals surface area contributed by atoms with E-state index in [1.165, 1.54) is 23.5 Å². The number of ether oxygens (including phenoxy) is 2. The lowest BCUT2D eigenvalue weighted by atomic mass is 9.86. The first kappa shape index (κ1) is 24.1. The van der Waals surface area contributed by atoms with Crippen molar-refractivity contribution in [3.05, 3.63) is 61.9 Å². The first-order chi connectivity index (χ1) is 16.8. The number of carbonyl (C=O) groups is 2. The van der Waals surface area contributed by atoms with E-state index in [-0.39, 0.29) is 19.1 Å². The zero-order valence-electron chi connectivity index (χ0n) is 19.3. The molecule has 11 heteroatoms. The fourth-order valence-corrected chi connectivity index (χ4v) is 5.77. The molecule has 2 saturated heterocycles. The number of piperazine rings is 1. The van der Waals surface area contributed by atoms with Crippen molar-refractivity contribution in [3.8, 4) is 0 Å². The third-order valence-electron chi connectivity index (χ3n) is 6.37. The standard InChI is InChI=1S/C24H24BrFN4O4S/c1-3-34-22(31)18-17-11-29(23(32)24(2)12-33-13-24)7-8-30(17)20(21-27-6-9-35-21)28-19(18)15-5-4-14(26)10-16(15)25/h4-6,9-10,19H,3,7-8,11-13H2,1-2H3/t19-/m0/s1. The van der Waals surface area contributed by atoms with Gasteiger partial charge in [-0.2, -0.15) is 0 Å². The zero-order valence-corrected chi connectivity index (χ0v) is 21.7. The molecule has 0 radical (unpaired) electrons. The molecule has 0 saturated carbocycles. The Balaban J connectivity index is 1.64. The molecule has 3 aliphatic rings. The molecule has 5 rings (SSSR count). The number of hydrogen-bond acceptors (Lipinski definition) is 8. The van der Waals surface area contributed by atoms with Crippen molar-refractivity contribution in [1.82, 2.24) is 14.8 Å². The molecule has 0 spiro atoms. The van der Waals surface area contributed by atoms with Gasteiger partial charge in [0.05, 0.1) is 43.1 Å². The van der Waals surface area contributed by atoms with Crippen molar-refractivity contribution in [2.75, 3.05) is 39.5 Å². The van der Waals surface area contributed by atoms with Crippen LogP contribution in [0.25, 0.3) is 0 Å². The Bertz CT molecular complexity index is 1230. The normalized spacial score (nSPS) is 21.3. The van der Waals surface area contributed by atoms with Crippen molar-refractivity contribution < 1.29 is 23.5 Å². The van der Waals surface area contributed by atoms with Gasteiger partial charge in [-0.25, -0.2) is 14.2 Å². The number of thiazole rings is 1. The average molecular weight is 563 g/mol. The van der Waals surface area contributed by atoms with Crippen LogP contribution < -0.4 is 0 Å². The van der Waals surface area contributed by atoms with Crippen LogP contribution in [0.15, 0.2) is 50.5 Å². The van der Waals surface area contributed by atoms with Crippen LogP contribution in [0.4, 0.5) is 4.39 Å². The molecule has 35 heavy (non-hydrogen) atoms. The minimum Gasteiger partial charge on any atom is -0.463 e. The second-order valence-electron chi connectivity index (χ2n) is 8.87. The summed E-state index contributed by atoms with van der Waals surface area (Å²) in [5, 5.41) is 2.56. The monoisotopic (exact) mass is 562 g/mol. The first-order valence-electron chi connectivity index (χ1n) is 11.3. The lowest BCUT2D eigenvalue weighted by molar-refractivity contribution is -0.169. The summed E-state index contributed by atoms with van der Waals surface area (Å²) in [4.78, 5) is 39.8. The molecule has 0 aliphatic carbocycles. The molecule has 2 fully saturated rings. The Labute approximate surface area is 214 Å². The van der Waals surface area contributed by atoms with Crippen molar-refractivity contribution in [1.29, 1.82) is 0 Å². The zero-order chi connectivity index (χ0) is 24.7. The van der Waals surface area contributed by atoms with E-state index in [0.717, 1.165) is 0 Å². The summed E-state index contributed by atoms with van der Waals surface area (Å²) in [6.07, 6.45) is 1.70. The van der Waals surface area contributed by atoms with Crippen LogP contribution >= 0.6 is 27.3 Å². The quantitative estimate of drug-likeness (QED) is 0.518. The van der Waals surface area contributed by atoms with Gasteiger partial charge in [-0.1, -0.05) is 22.0 Å². The molecule has 2 aromatic rings. The van der Waals surface area contributed by atoms with Gasteiger partial charge in [0, 0.05) is 29.1 Å². The Hall–Kier alpha value is -2.63. The number of amidine groups is 1. The van der Waals surface area contributed by atoms with Crippen molar-refractivity contribution in [2.45, 2.75) is 19.9 Å². The minimum atomic E-state index is -0.758. The Morgan fingerprint density at radius 1 is 1.34 bits per heavy atom. The van der Waals surface area contributed by atoms with Gasteiger partial charge in [-0.3, -0.25) is 9.79 Å². The van der Waals surface area contributed by atoms with E-state index < -0.39 is 23.2 Å². The molecule has 1 atom stereocenters. The van der Waals surface area contributed by atoms with Gasteiger partial charge >= 0.3 is 5.97 Å². The smallest absolute Gasteiger partial charge is 0.338 e. The number of nitrogens with zero attached hydrogens (tertiary/aromatic N) is 4. The highest BCUT2D eigenvalue weighted by atomic mass is 79.9. The van der Waals surface area contributed by atoms with Crippen LogP contribution in [0.2, 0.25) is 0 Å². The highest BCUT2D eigenvalue weighted by Crippen LogP contribution is 2.41. The Kier molecular flexibility index (Phi) is 6.49. The van der Waals surface area contributed by atoms with Crippen LogP contribution in [0.3, 0.4) is 0 Å². The molecular formula is C24H24BrFN4O4S. The van der Waals surface area contributed by atoms with Crippen LogP contribution in [-0.2, 0) is 19.1 Å². The molecular weight excluding hydrogens is 539 g/mol. The highest BCUT2D eigenvalue weighted by Gasteiger charge is 2.47. The summed E-state index contributed by atoms with van der Waals surface area (Å²) in [6, 6.07) is 3.54. The SMILES string of the molecule is CCOC(=O)C1=C2CN(C(=O)C3(C)COC3)CCN2C(c2nccs2)=N[C@H]1c1ccc(F)cc1Br. The van der Waals surface area contributed by atoms with E-state index in [0.29, 0.717) is 58.5 Å². The summed E-state index contributed by atoms with van der Waals surface area (Å²) < 4.78 is 25.2. The molecule has 1 aromatic heterocycles. The Morgan fingerprint density at radius 2 is 2.14 bits per heavy atom. The van der Waals surface area contributed by atoms with Crippen molar-refractivity contribution in [3.63, 3.8) is 0 Å². The molecule has 0 N–H and O–H groups in total. The number of aromatic nitrogens is 1. The number of halogens is 2. The number of rotatable bonds is 5. The Morgan fingerprint density at radius 3 is 2.77 bits per heavy atom. The van der Waals surface area contributed by atoms with E-state index in [1.54, 1.807) is 24.1 Å². The van der Waals surface area contributed by atoms with Gasteiger partial charge in [0.1, 0.15) is 11.9 Å². The lowest BCUT2D eigenvalue weighted by Crippen LogP contribution is -2.58. The summed E-state index contributed by atoms with van der Waals surface area (Å²) in [5.74, 6) is -0.299. The molecule has 184 valence electrons. The van der Waals surface area contributed by atoms with Gasteiger partial charge in [-0.05, 0) is 31.5 Å². The number of amides is 1. The van der Waals surface area contributed by atoms with E-state index in [9.17, 15) is 14.0 Å². The minimum absolute atomic E-state index is 0.00284. The fourth-order valence-electron chi connectivity index (χ4n) is 4.56. The molecule has 1 amide bonds. The molecule has 3 aliphatic heterocycles. The maximum Gasteiger partial charge on any atom is 0.338 e. The predicted molar refractivity (Wildman–Crippen MR) is 131 cm³/mol. The van der Waals surface area contributed by atoms with Crippen molar-refractivity contribution >= 4 is 45.0 Å². The molecule has 1 aromatic carbocycles. The second-order valence-corrected chi connectivity index (χ2v) is 10.6. The van der Waals surface area contributed by atoms with Crippen LogP contribution in [0.5, 0.6) is 0 Å². The van der Waals surface area contributed by atoms with E-state index in [4.69, 9.17) is 14.5 Å². The largest absolute Gasteiger partial charge is 0.463 e. The number of esters is 1. The second kappa shape index (κ2) is 9.44. The van der Waals surface area contributed by atoms with Gasteiger partial charge in [0.25, 0.3) is 0 Å². The van der Waals surface area contributed by atoms with Crippen LogP contribution in [0, 0.1) is 11.2 Å². The van der Waals surface area contributed by atoms with E-state index in [1.807, 2.05) is 17.2 Å². The first-order valence-corrected chi connectivity index (χ1v) is 13.0. The fraction of sp³-hybridized carbons (Fsp3) is 0.417. The summed E-state index contributed by atoms with van der Waals surface area (Å²) in [6.45, 7) is 5.74. The third-order valence-corrected chi connectivity index (χ3v) is 7.83. The highest BCUT2D eigenvalue weighted by molar-refractivity contribution is 9.10. The van der Waals surface area contributed by atoms with E-state index >= 15 is 0 Å². The van der Waals surface area contributed by atoms with Crippen molar-refractivity contribution in [2.24, 2.45) is 10.4 Å². The summed E-state index contributed by atoms with van der Waals surface area (Å²) in [5.41, 5.74) is 1.05. The van der Waals surface area contributed by atoms with Gasteiger partial charge in [0.2, 0.25) is 5.91 Å². The van der Waals surface area contributed by atoms with Gasteiger partial charge < -0.3 is 19.3 Å². The van der Waals surface area contributed by atoms with Gasteiger partial charge in [0.15, 0.2) is 10.8 Å². The average Bonchev–Trinajstić information content (AvgIpc) is 3.35. The number of carbonyl (C=O) groups excluding carboxylic acids is 2. The van der Waals surface area contributed by atoms with E-state index in [2.05, 4.69) is 20.9 Å². The summed E-state index contributed by atoms with van der Waals surface area (Å²) >= 11 is 4.89. The molecule has 4 heterocycles. The molecule has 0 unspecified atom stereocenters. The molecule has 0 bridgehead atoms. The number of hydrogen-bond donors (Lipinski definition) is 0. The molecule has 8 nitrogen and oxygen atoms in total. The topological polar surface area (TPSA) is 84.3 Å². The predicted octanol–water partition coefficient (Wildman–Crippen LogP) is 3.54. The number of benzene rings is 1. The van der Waals surface area contributed by atoms with Crippen LogP contribution in [0.1, 0.15) is 30.5 Å². The number of aliphatic imine (C=N–C) groups is 1. The third kappa shape index (κ3) is 4.30. The maximum absolute atomic E-state index is 13.9. The van der Waals surface area contributed by atoms with Gasteiger partial charge in [-0.15, -0.1) is 11.3 Å². The lowest BCUT2D eigenvalue weighted by Gasteiger charge is -2.46. The maximum atomic E-state index is 13.9.